The van der Waals surface area contributed by atoms with Crippen LogP contribution in [0.5, 0.6) is 0 Å². The second-order valence-corrected chi connectivity index (χ2v) is 4.36. The summed E-state index contributed by atoms with van der Waals surface area (Å²) in [7, 11) is 1.69. The van der Waals surface area contributed by atoms with Crippen LogP contribution in [-0.2, 0) is 11.8 Å². The van der Waals surface area contributed by atoms with Crippen LogP contribution in [0.1, 0.15) is 22.6 Å². The largest absolute Gasteiger partial charge is 0.395 e. The van der Waals surface area contributed by atoms with E-state index in [1.54, 1.807) is 18.9 Å². The first-order valence-electron chi connectivity index (χ1n) is 5.85. The number of carbonyl (C=O) groups is 2. The maximum atomic E-state index is 12.4. The van der Waals surface area contributed by atoms with E-state index >= 15 is 0 Å². The zero-order valence-corrected chi connectivity index (χ0v) is 10.6. The van der Waals surface area contributed by atoms with Gasteiger partial charge in [-0.3, -0.25) is 14.3 Å². The van der Waals surface area contributed by atoms with Crippen LogP contribution in [0.25, 0.3) is 0 Å². The molecule has 0 radical (unpaired) electrons. The van der Waals surface area contributed by atoms with Crippen molar-refractivity contribution in [1.29, 1.82) is 0 Å². The molecule has 1 fully saturated rings. The van der Waals surface area contributed by atoms with Crippen molar-refractivity contribution in [3.63, 3.8) is 0 Å². The summed E-state index contributed by atoms with van der Waals surface area (Å²) in [6.07, 6.45) is 0.322. The predicted octanol–water partition coefficient (Wildman–Crippen LogP) is -0.727. The van der Waals surface area contributed by atoms with Crippen LogP contribution >= 0.6 is 0 Å². The Labute approximate surface area is 105 Å². The van der Waals surface area contributed by atoms with Gasteiger partial charge in [0.15, 0.2) is 0 Å². The number of nitrogen functional groups attached to an aromatic ring is 1. The van der Waals surface area contributed by atoms with Crippen molar-refractivity contribution in [2.45, 2.75) is 13.3 Å². The van der Waals surface area contributed by atoms with Gasteiger partial charge in [-0.2, -0.15) is 5.10 Å². The van der Waals surface area contributed by atoms with Crippen LogP contribution in [0.4, 0.5) is 5.69 Å². The van der Waals surface area contributed by atoms with E-state index in [2.05, 4.69) is 10.4 Å². The maximum Gasteiger partial charge on any atom is 0.274 e. The Morgan fingerprint density at radius 2 is 2.17 bits per heavy atom. The van der Waals surface area contributed by atoms with E-state index in [9.17, 15) is 9.59 Å². The Morgan fingerprint density at radius 3 is 2.78 bits per heavy atom. The Balaban J connectivity index is 2.22. The molecule has 2 amide bonds. The van der Waals surface area contributed by atoms with Crippen molar-refractivity contribution in [1.82, 2.24) is 20.0 Å². The monoisotopic (exact) mass is 251 g/mol. The van der Waals surface area contributed by atoms with E-state index in [1.807, 2.05) is 0 Å². The minimum Gasteiger partial charge on any atom is -0.395 e. The number of nitrogens with one attached hydrogen (secondary N) is 1. The summed E-state index contributed by atoms with van der Waals surface area (Å²) >= 11 is 0. The van der Waals surface area contributed by atoms with Crippen molar-refractivity contribution in [2.24, 2.45) is 7.05 Å². The fourth-order valence-electron chi connectivity index (χ4n) is 2.05. The quantitative estimate of drug-likeness (QED) is 0.688. The molecule has 1 aliphatic rings. The average molecular weight is 251 g/mol. The molecule has 1 aromatic rings. The number of hydrogen-bond acceptors (Lipinski definition) is 4. The predicted molar refractivity (Wildman–Crippen MR) is 65.9 cm³/mol. The fourth-order valence-corrected chi connectivity index (χ4v) is 2.05. The van der Waals surface area contributed by atoms with Crippen LogP contribution in [0.15, 0.2) is 0 Å². The molecule has 2 rings (SSSR count). The summed E-state index contributed by atoms with van der Waals surface area (Å²) in [5.41, 5.74) is 7.31. The van der Waals surface area contributed by atoms with Gasteiger partial charge in [0.05, 0.1) is 11.4 Å². The minimum atomic E-state index is -0.174. The molecule has 0 atom stereocenters. The van der Waals surface area contributed by atoms with Gasteiger partial charge in [-0.15, -0.1) is 0 Å². The SMILES string of the molecule is Cc1nn(C)c(C(=O)N2CCNC(=O)CC2)c1N. The molecule has 7 heteroatoms. The Bertz CT molecular complexity index is 494. The first kappa shape index (κ1) is 12.4. The van der Waals surface area contributed by atoms with E-state index in [1.165, 1.54) is 4.68 Å². The third-order valence-corrected chi connectivity index (χ3v) is 3.07. The van der Waals surface area contributed by atoms with E-state index in [0.29, 0.717) is 43.1 Å². The minimum absolute atomic E-state index is 0.0283. The fraction of sp³-hybridized carbons (Fsp3) is 0.545. The van der Waals surface area contributed by atoms with Crippen molar-refractivity contribution >= 4 is 17.5 Å². The molecule has 0 spiro atoms. The number of rotatable bonds is 1. The summed E-state index contributed by atoms with van der Waals surface area (Å²) in [5.74, 6) is -0.202. The standard InChI is InChI=1S/C11H17N5O2/c1-7-9(12)10(15(2)14-7)11(18)16-5-3-8(17)13-4-6-16/h3-6,12H2,1-2H3,(H,13,17). The zero-order valence-electron chi connectivity index (χ0n) is 10.6. The Hall–Kier alpha value is -2.05. The van der Waals surface area contributed by atoms with Crippen LogP contribution < -0.4 is 11.1 Å². The van der Waals surface area contributed by atoms with Gasteiger partial charge in [-0.25, -0.2) is 0 Å². The molecule has 98 valence electrons. The number of carbonyl (C=O) groups excluding carboxylic acids is 2. The number of hydrogen-bond donors (Lipinski definition) is 2. The van der Waals surface area contributed by atoms with Crippen LogP contribution in [0.3, 0.4) is 0 Å². The van der Waals surface area contributed by atoms with Gasteiger partial charge >= 0.3 is 0 Å². The second kappa shape index (κ2) is 4.67. The highest BCUT2D eigenvalue weighted by Gasteiger charge is 2.25. The van der Waals surface area contributed by atoms with Gasteiger partial charge in [0.2, 0.25) is 5.91 Å². The first-order chi connectivity index (χ1) is 8.50. The van der Waals surface area contributed by atoms with Crippen LogP contribution in [-0.4, -0.2) is 46.1 Å². The lowest BCUT2D eigenvalue weighted by Gasteiger charge is -2.19. The highest BCUT2D eigenvalue weighted by molar-refractivity contribution is 5.98. The molecule has 18 heavy (non-hydrogen) atoms. The van der Waals surface area contributed by atoms with Gasteiger partial charge in [-0.05, 0) is 6.92 Å². The second-order valence-electron chi connectivity index (χ2n) is 4.36. The highest BCUT2D eigenvalue weighted by Crippen LogP contribution is 2.17. The Kier molecular flexibility index (Phi) is 3.22. The number of anilines is 1. The summed E-state index contributed by atoms with van der Waals surface area (Å²) in [6.45, 7) is 3.14. The highest BCUT2D eigenvalue weighted by atomic mass is 16.2. The van der Waals surface area contributed by atoms with E-state index < -0.39 is 0 Å². The molecule has 0 aromatic carbocycles. The van der Waals surface area contributed by atoms with Crippen molar-refractivity contribution in [2.75, 3.05) is 25.4 Å². The molecule has 1 aliphatic heterocycles. The van der Waals surface area contributed by atoms with Gasteiger partial charge < -0.3 is 16.0 Å². The third kappa shape index (κ3) is 2.15. The van der Waals surface area contributed by atoms with Crippen molar-refractivity contribution < 1.29 is 9.59 Å². The van der Waals surface area contributed by atoms with Crippen LogP contribution in [0.2, 0.25) is 0 Å². The molecule has 7 nitrogen and oxygen atoms in total. The average Bonchev–Trinajstić information content (AvgIpc) is 2.51. The normalized spacial score (nSPS) is 16.3. The topological polar surface area (TPSA) is 93.2 Å². The number of aryl methyl sites for hydroxylation is 2. The number of amides is 2. The first-order valence-corrected chi connectivity index (χ1v) is 5.85. The molecule has 3 N–H and O–H groups in total. The molecule has 0 unspecified atom stereocenters. The number of nitrogens with two attached hydrogens (primary N) is 1. The lowest BCUT2D eigenvalue weighted by atomic mass is 10.2. The molecule has 0 bridgehead atoms. The summed E-state index contributed by atoms with van der Waals surface area (Å²) in [4.78, 5) is 25.2. The molecule has 1 saturated heterocycles. The van der Waals surface area contributed by atoms with Crippen LogP contribution in [0, 0.1) is 6.92 Å². The Morgan fingerprint density at radius 1 is 1.44 bits per heavy atom. The van der Waals surface area contributed by atoms with Gasteiger partial charge in [0.1, 0.15) is 5.69 Å². The molecule has 1 aromatic heterocycles. The van der Waals surface area contributed by atoms with E-state index in [4.69, 9.17) is 5.73 Å². The molecular weight excluding hydrogens is 234 g/mol. The van der Waals surface area contributed by atoms with Crippen molar-refractivity contribution in [3.05, 3.63) is 11.4 Å². The lowest BCUT2D eigenvalue weighted by Crippen LogP contribution is -2.35. The van der Waals surface area contributed by atoms with Crippen molar-refractivity contribution in [3.8, 4) is 0 Å². The molecular formula is C11H17N5O2. The number of aromatic nitrogens is 2. The summed E-state index contributed by atoms with van der Waals surface area (Å²) in [5, 5.41) is 6.86. The van der Waals surface area contributed by atoms with Gasteiger partial charge in [0.25, 0.3) is 5.91 Å². The van der Waals surface area contributed by atoms with Gasteiger partial charge in [-0.1, -0.05) is 0 Å². The molecule has 0 aliphatic carbocycles. The molecule has 2 heterocycles. The summed E-state index contributed by atoms with van der Waals surface area (Å²) < 4.78 is 1.49. The third-order valence-electron chi connectivity index (χ3n) is 3.07. The summed E-state index contributed by atoms with van der Waals surface area (Å²) in [6, 6.07) is 0. The lowest BCUT2D eigenvalue weighted by molar-refractivity contribution is -0.120. The zero-order chi connectivity index (χ0) is 13.3. The van der Waals surface area contributed by atoms with Gasteiger partial charge in [0, 0.05) is 33.1 Å². The number of nitrogens with zero attached hydrogens (tertiary/aromatic N) is 3. The maximum absolute atomic E-state index is 12.4. The van der Waals surface area contributed by atoms with E-state index in [0.717, 1.165) is 0 Å². The molecule has 0 saturated carbocycles. The smallest absolute Gasteiger partial charge is 0.274 e. The van der Waals surface area contributed by atoms with E-state index in [-0.39, 0.29) is 11.8 Å².